The number of aromatic nitrogens is 2. The molecule has 0 fully saturated rings. The van der Waals surface area contributed by atoms with Gasteiger partial charge in [0, 0.05) is 12.6 Å². The van der Waals surface area contributed by atoms with E-state index in [4.69, 9.17) is 5.73 Å². The minimum atomic E-state index is -0.0878. The molecule has 1 aromatic heterocycles. The first-order valence-corrected chi connectivity index (χ1v) is 5.35. The highest BCUT2D eigenvalue weighted by molar-refractivity contribution is 5.91. The number of H-pyrrole nitrogens is 1. The summed E-state index contributed by atoms with van der Waals surface area (Å²) in [5, 5.41) is 9.16. The second-order valence-corrected chi connectivity index (χ2v) is 3.67. The second-order valence-electron chi connectivity index (χ2n) is 3.67. The Morgan fingerprint density at radius 1 is 1.29 bits per heavy atom. The Kier molecular flexibility index (Phi) is 3.52. The lowest BCUT2D eigenvalue weighted by atomic mass is 10.0. The molecule has 0 spiro atoms. The number of aromatic amines is 1. The topological polar surface area (TPSA) is 83.8 Å². The van der Waals surface area contributed by atoms with Gasteiger partial charge in [0.1, 0.15) is 5.82 Å². The van der Waals surface area contributed by atoms with Crippen molar-refractivity contribution in [3.63, 3.8) is 0 Å². The van der Waals surface area contributed by atoms with Crippen molar-refractivity contribution in [3.05, 3.63) is 47.7 Å². The number of rotatable bonds is 4. The third-order valence-electron chi connectivity index (χ3n) is 2.46. The van der Waals surface area contributed by atoms with Crippen LogP contribution < -0.4 is 11.1 Å². The van der Waals surface area contributed by atoms with Crippen molar-refractivity contribution in [1.82, 2.24) is 10.2 Å². The first kappa shape index (κ1) is 11.3. The fourth-order valence-electron chi connectivity index (χ4n) is 1.62. The van der Waals surface area contributed by atoms with Gasteiger partial charge in [-0.25, -0.2) is 0 Å². The summed E-state index contributed by atoms with van der Waals surface area (Å²) in [4.78, 5) is 11.7. The van der Waals surface area contributed by atoms with Crippen LogP contribution in [0.1, 0.15) is 11.1 Å². The van der Waals surface area contributed by atoms with Crippen LogP contribution in [0.2, 0.25) is 0 Å². The standard InChI is InChI=1S/C12H14N4O/c13-8-10-4-2-1-3-9(10)7-12(17)15-11-5-6-14-16-11/h1-6H,7-8,13H2,(H2,14,15,16,17). The lowest BCUT2D eigenvalue weighted by molar-refractivity contribution is -0.115. The van der Waals surface area contributed by atoms with Crippen molar-refractivity contribution in [1.29, 1.82) is 0 Å². The average Bonchev–Trinajstić information content (AvgIpc) is 2.82. The van der Waals surface area contributed by atoms with Crippen LogP contribution in [0.3, 0.4) is 0 Å². The van der Waals surface area contributed by atoms with E-state index in [-0.39, 0.29) is 5.91 Å². The Bertz CT molecular complexity index is 493. The maximum absolute atomic E-state index is 11.7. The predicted octanol–water partition coefficient (Wildman–Crippen LogP) is 1.05. The lowest BCUT2D eigenvalue weighted by Crippen LogP contribution is -2.16. The van der Waals surface area contributed by atoms with Crippen LogP contribution in [0.15, 0.2) is 36.5 Å². The molecule has 1 heterocycles. The fourth-order valence-corrected chi connectivity index (χ4v) is 1.62. The molecule has 1 amide bonds. The number of hydrogen-bond donors (Lipinski definition) is 3. The molecule has 2 aromatic rings. The van der Waals surface area contributed by atoms with Gasteiger partial charge in [-0.2, -0.15) is 5.10 Å². The third-order valence-corrected chi connectivity index (χ3v) is 2.46. The molecule has 0 aliphatic heterocycles. The summed E-state index contributed by atoms with van der Waals surface area (Å²) in [6.45, 7) is 0.438. The Balaban J connectivity index is 2.03. The van der Waals surface area contributed by atoms with E-state index >= 15 is 0 Å². The normalized spacial score (nSPS) is 10.2. The molecular weight excluding hydrogens is 216 g/mol. The first-order valence-electron chi connectivity index (χ1n) is 5.35. The molecule has 0 atom stereocenters. The zero-order chi connectivity index (χ0) is 12.1. The summed E-state index contributed by atoms with van der Waals surface area (Å²) in [6.07, 6.45) is 1.90. The molecule has 0 unspecified atom stereocenters. The molecular formula is C12H14N4O. The average molecular weight is 230 g/mol. The van der Waals surface area contributed by atoms with Crippen LogP contribution in [0.25, 0.3) is 0 Å². The van der Waals surface area contributed by atoms with Gasteiger partial charge in [0.15, 0.2) is 0 Å². The van der Waals surface area contributed by atoms with E-state index in [0.717, 1.165) is 11.1 Å². The smallest absolute Gasteiger partial charge is 0.229 e. The number of nitrogens with zero attached hydrogens (tertiary/aromatic N) is 1. The van der Waals surface area contributed by atoms with Gasteiger partial charge in [0.25, 0.3) is 0 Å². The third kappa shape index (κ3) is 2.92. The molecule has 5 heteroatoms. The number of anilines is 1. The lowest BCUT2D eigenvalue weighted by Gasteiger charge is -2.07. The SMILES string of the molecule is NCc1ccccc1CC(=O)Nc1ccn[nH]1. The Morgan fingerprint density at radius 3 is 2.71 bits per heavy atom. The summed E-state index contributed by atoms with van der Waals surface area (Å²) in [5.74, 6) is 0.510. The van der Waals surface area contributed by atoms with Crippen molar-refractivity contribution in [2.24, 2.45) is 5.73 Å². The number of carbonyl (C=O) groups is 1. The van der Waals surface area contributed by atoms with E-state index in [9.17, 15) is 4.79 Å². The Morgan fingerprint density at radius 2 is 2.06 bits per heavy atom. The fraction of sp³-hybridized carbons (Fsp3) is 0.167. The van der Waals surface area contributed by atoms with Crippen LogP contribution in [0.4, 0.5) is 5.82 Å². The van der Waals surface area contributed by atoms with Gasteiger partial charge in [0.05, 0.1) is 12.6 Å². The van der Waals surface area contributed by atoms with Gasteiger partial charge in [-0.1, -0.05) is 24.3 Å². The summed E-state index contributed by atoms with van der Waals surface area (Å²) in [5.41, 5.74) is 7.56. The predicted molar refractivity (Wildman–Crippen MR) is 65.3 cm³/mol. The van der Waals surface area contributed by atoms with E-state index < -0.39 is 0 Å². The van der Waals surface area contributed by atoms with Crippen molar-refractivity contribution in [3.8, 4) is 0 Å². The number of hydrogen-bond acceptors (Lipinski definition) is 3. The van der Waals surface area contributed by atoms with Crippen LogP contribution in [0.5, 0.6) is 0 Å². The van der Waals surface area contributed by atoms with Crippen LogP contribution >= 0.6 is 0 Å². The second kappa shape index (κ2) is 5.27. The van der Waals surface area contributed by atoms with E-state index in [1.165, 1.54) is 0 Å². The highest BCUT2D eigenvalue weighted by Gasteiger charge is 2.07. The molecule has 0 bridgehead atoms. The van der Waals surface area contributed by atoms with Gasteiger partial charge in [-0.3, -0.25) is 9.89 Å². The molecule has 88 valence electrons. The first-order chi connectivity index (χ1) is 8.29. The number of carbonyl (C=O) groups excluding carboxylic acids is 1. The van der Waals surface area contributed by atoms with Crippen molar-refractivity contribution >= 4 is 11.7 Å². The molecule has 0 saturated heterocycles. The Labute approximate surface area is 99.0 Å². The molecule has 0 aliphatic carbocycles. The molecule has 17 heavy (non-hydrogen) atoms. The zero-order valence-corrected chi connectivity index (χ0v) is 9.31. The van der Waals surface area contributed by atoms with E-state index in [0.29, 0.717) is 18.8 Å². The molecule has 4 N–H and O–H groups in total. The van der Waals surface area contributed by atoms with Gasteiger partial charge in [0.2, 0.25) is 5.91 Å². The van der Waals surface area contributed by atoms with Crippen molar-refractivity contribution < 1.29 is 4.79 Å². The van der Waals surface area contributed by atoms with Crippen molar-refractivity contribution in [2.75, 3.05) is 5.32 Å². The molecule has 1 aromatic carbocycles. The summed E-state index contributed by atoms with van der Waals surface area (Å²) in [7, 11) is 0. The highest BCUT2D eigenvalue weighted by Crippen LogP contribution is 2.09. The van der Waals surface area contributed by atoms with Crippen LogP contribution in [-0.2, 0) is 17.8 Å². The minimum absolute atomic E-state index is 0.0878. The maximum atomic E-state index is 11.7. The molecule has 0 aliphatic rings. The molecule has 0 radical (unpaired) electrons. The number of nitrogens with one attached hydrogen (secondary N) is 2. The van der Waals surface area contributed by atoms with Gasteiger partial charge < -0.3 is 11.1 Å². The van der Waals surface area contributed by atoms with Crippen LogP contribution in [-0.4, -0.2) is 16.1 Å². The minimum Gasteiger partial charge on any atom is -0.326 e. The zero-order valence-electron chi connectivity index (χ0n) is 9.31. The Hall–Kier alpha value is -2.14. The van der Waals surface area contributed by atoms with E-state index in [2.05, 4.69) is 15.5 Å². The van der Waals surface area contributed by atoms with E-state index in [1.807, 2.05) is 24.3 Å². The monoisotopic (exact) mass is 230 g/mol. The van der Waals surface area contributed by atoms with Crippen LogP contribution in [0, 0.1) is 0 Å². The maximum Gasteiger partial charge on any atom is 0.229 e. The number of amides is 1. The molecule has 0 saturated carbocycles. The summed E-state index contributed by atoms with van der Waals surface area (Å²) in [6, 6.07) is 9.36. The van der Waals surface area contributed by atoms with Gasteiger partial charge in [-0.05, 0) is 11.1 Å². The van der Waals surface area contributed by atoms with Gasteiger partial charge in [-0.15, -0.1) is 0 Å². The summed E-state index contributed by atoms with van der Waals surface area (Å²) < 4.78 is 0. The molecule has 5 nitrogen and oxygen atoms in total. The van der Waals surface area contributed by atoms with Gasteiger partial charge >= 0.3 is 0 Å². The van der Waals surface area contributed by atoms with E-state index in [1.54, 1.807) is 12.3 Å². The quantitative estimate of drug-likeness (QED) is 0.734. The molecule has 2 rings (SSSR count). The number of benzene rings is 1. The van der Waals surface area contributed by atoms with Crippen molar-refractivity contribution in [2.45, 2.75) is 13.0 Å². The largest absolute Gasteiger partial charge is 0.326 e. The number of nitrogens with two attached hydrogens (primary N) is 1. The summed E-state index contributed by atoms with van der Waals surface area (Å²) >= 11 is 0. The highest BCUT2D eigenvalue weighted by atomic mass is 16.1.